The lowest BCUT2D eigenvalue weighted by atomic mass is 10.0. The minimum Gasteiger partial charge on any atom is -0.492 e. The Bertz CT molecular complexity index is 1010. The first-order valence-electron chi connectivity index (χ1n) is 10.3. The lowest BCUT2D eigenvalue weighted by Crippen LogP contribution is -2.57. The van der Waals surface area contributed by atoms with Gasteiger partial charge < -0.3 is 28.6 Å². The summed E-state index contributed by atoms with van der Waals surface area (Å²) in [7, 11) is 5.63. The molecule has 11 nitrogen and oxygen atoms in total. The van der Waals surface area contributed by atoms with E-state index in [0.29, 0.717) is 10.5 Å². The number of methoxy groups -OCH3 is 4. The Kier molecular flexibility index (Phi) is 6.44. The number of likely N-dealkylation sites (tertiary alicyclic amines) is 1. The van der Waals surface area contributed by atoms with Crippen molar-refractivity contribution in [2.75, 3.05) is 28.4 Å². The van der Waals surface area contributed by atoms with E-state index in [1.807, 2.05) is 0 Å². The third kappa shape index (κ3) is 4.03. The van der Waals surface area contributed by atoms with Gasteiger partial charge in [-0.1, -0.05) is 0 Å². The number of carbonyl (C=O) groups is 4. The Balaban J connectivity index is 2.02. The Labute approximate surface area is 191 Å². The normalized spacial score (nSPS) is 18.3. The topological polar surface area (TPSA) is 121 Å². The van der Waals surface area contributed by atoms with Gasteiger partial charge in [0, 0.05) is 12.0 Å². The number of hydrogen-bond acceptors (Lipinski definition) is 9. The maximum Gasteiger partial charge on any atom is 0.424 e. The summed E-state index contributed by atoms with van der Waals surface area (Å²) in [5, 5.41) is 0. The number of rotatable bonds is 5. The minimum absolute atomic E-state index is 0.0131. The van der Waals surface area contributed by atoms with E-state index in [1.165, 1.54) is 33.3 Å². The molecule has 33 heavy (non-hydrogen) atoms. The van der Waals surface area contributed by atoms with Gasteiger partial charge in [0.15, 0.2) is 11.5 Å². The Hall–Kier alpha value is -3.50. The van der Waals surface area contributed by atoms with Gasteiger partial charge in [0.1, 0.15) is 11.6 Å². The second kappa shape index (κ2) is 8.80. The van der Waals surface area contributed by atoms with Crippen LogP contribution in [0.2, 0.25) is 0 Å². The van der Waals surface area contributed by atoms with E-state index >= 15 is 0 Å². The molecule has 2 aliphatic rings. The SMILES string of the molecule is COc1c2c(c(OC)c(OC)c1OC)C(=O)N(C1CCC(=O)N(C(=O)OC(C)(C)C)C1=O)C2. The van der Waals surface area contributed by atoms with Crippen LogP contribution in [0, 0.1) is 0 Å². The maximum atomic E-state index is 13.5. The second-order valence-corrected chi connectivity index (χ2v) is 8.52. The summed E-state index contributed by atoms with van der Waals surface area (Å²) in [5.74, 6) is -1.19. The molecule has 1 aromatic rings. The summed E-state index contributed by atoms with van der Waals surface area (Å²) in [5.41, 5.74) is -0.288. The van der Waals surface area contributed by atoms with E-state index in [9.17, 15) is 19.2 Å². The van der Waals surface area contributed by atoms with Crippen molar-refractivity contribution in [2.45, 2.75) is 51.8 Å². The van der Waals surface area contributed by atoms with Crippen LogP contribution in [0.3, 0.4) is 0 Å². The smallest absolute Gasteiger partial charge is 0.424 e. The van der Waals surface area contributed by atoms with Gasteiger partial charge in [-0.15, -0.1) is 0 Å². The zero-order chi connectivity index (χ0) is 24.7. The number of piperidine rings is 1. The van der Waals surface area contributed by atoms with Crippen LogP contribution in [0.15, 0.2) is 0 Å². The first kappa shape index (κ1) is 24.1. The highest BCUT2D eigenvalue weighted by Crippen LogP contribution is 2.52. The molecule has 1 aromatic carbocycles. The number of fused-ring (bicyclic) bond motifs is 1. The van der Waals surface area contributed by atoms with Crippen molar-refractivity contribution >= 4 is 23.8 Å². The van der Waals surface area contributed by atoms with Gasteiger partial charge in [-0.2, -0.15) is 4.90 Å². The van der Waals surface area contributed by atoms with Gasteiger partial charge in [-0.25, -0.2) is 4.79 Å². The van der Waals surface area contributed by atoms with Crippen molar-refractivity contribution in [1.82, 2.24) is 9.80 Å². The van der Waals surface area contributed by atoms with Crippen molar-refractivity contribution in [1.29, 1.82) is 0 Å². The molecular formula is C22H28N2O9. The van der Waals surface area contributed by atoms with Crippen molar-refractivity contribution in [2.24, 2.45) is 0 Å². The summed E-state index contributed by atoms with van der Waals surface area (Å²) < 4.78 is 27.0. The maximum absolute atomic E-state index is 13.5. The summed E-state index contributed by atoms with van der Waals surface area (Å²) in [6.07, 6.45) is -1.10. The fourth-order valence-corrected chi connectivity index (χ4v) is 4.06. The molecule has 2 aliphatic heterocycles. The van der Waals surface area contributed by atoms with Gasteiger partial charge in [-0.05, 0) is 27.2 Å². The number of amides is 4. The van der Waals surface area contributed by atoms with Crippen LogP contribution in [0.1, 0.15) is 49.5 Å². The third-order valence-electron chi connectivity index (χ3n) is 5.38. The third-order valence-corrected chi connectivity index (χ3v) is 5.38. The van der Waals surface area contributed by atoms with E-state index < -0.39 is 35.5 Å². The molecular weight excluding hydrogens is 436 g/mol. The average Bonchev–Trinajstić information content (AvgIpc) is 3.07. The van der Waals surface area contributed by atoms with Crippen molar-refractivity contribution in [3.8, 4) is 23.0 Å². The molecule has 0 N–H and O–H groups in total. The lowest BCUT2D eigenvalue weighted by molar-refractivity contribution is -0.150. The summed E-state index contributed by atoms with van der Waals surface area (Å²) >= 11 is 0. The molecule has 4 amide bonds. The molecule has 2 heterocycles. The Morgan fingerprint density at radius 3 is 1.94 bits per heavy atom. The lowest BCUT2D eigenvalue weighted by Gasteiger charge is -2.35. The number of imide groups is 3. The van der Waals surface area contributed by atoms with Crippen LogP contribution in [0.5, 0.6) is 23.0 Å². The molecule has 0 spiro atoms. The average molecular weight is 464 g/mol. The van der Waals surface area contributed by atoms with Crippen LogP contribution < -0.4 is 18.9 Å². The van der Waals surface area contributed by atoms with Crippen LogP contribution >= 0.6 is 0 Å². The Morgan fingerprint density at radius 1 is 0.879 bits per heavy atom. The molecule has 0 aromatic heterocycles. The fourth-order valence-electron chi connectivity index (χ4n) is 4.06. The highest BCUT2D eigenvalue weighted by Gasteiger charge is 2.48. The molecule has 0 saturated carbocycles. The van der Waals surface area contributed by atoms with Crippen LogP contribution in [0.4, 0.5) is 4.79 Å². The monoisotopic (exact) mass is 464 g/mol. The van der Waals surface area contributed by atoms with E-state index in [0.717, 1.165) is 0 Å². The summed E-state index contributed by atoms with van der Waals surface area (Å²) in [6, 6.07) is -1.05. The van der Waals surface area contributed by atoms with Gasteiger partial charge in [-0.3, -0.25) is 14.4 Å². The quantitative estimate of drug-likeness (QED) is 0.603. The zero-order valence-electron chi connectivity index (χ0n) is 19.8. The number of carbonyl (C=O) groups excluding carboxylic acids is 4. The van der Waals surface area contributed by atoms with Crippen LogP contribution in [0.25, 0.3) is 0 Å². The van der Waals surface area contributed by atoms with Crippen molar-refractivity contribution in [3.05, 3.63) is 11.1 Å². The standard InChI is InChI=1S/C22H28N2O9/c1-22(2,3)33-21(28)24-13(25)9-8-12(19(24)26)23-10-11-14(20(23)27)16(30-5)18(32-7)17(31-6)15(11)29-4/h12H,8-10H2,1-7H3. The number of hydrogen-bond donors (Lipinski definition) is 0. The van der Waals surface area contributed by atoms with E-state index in [1.54, 1.807) is 20.8 Å². The molecule has 180 valence electrons. The molecule has 0 radical (unpaired) electrons. The van der Waals surface area contributed by atoms with Gasteiger partial charge in [0.25, 0.3) is 11.8 Å². The largest absolute Gasteiger partial charge is 0.492 e. The minimum atomic E-state index is -1.06. The predicted octanol–water partition coefficient (Wildman–Crippen LogP) is 2.13. The molecule has 1 unspecified atom stereocenters. The van der Waals surface area contributed by atoms with Gasteiger partial charge in [0.2, 0.25) is 17.4 Å². The fraction of sp³-hybridized carbons (Fsp3) is 0.545. The number of benzene rings is 1. The first-order valence-corrected chi connectivity index (χ1v) is 10.3. The molecule has 1 saturated heterocycles. The van der Waals surface area contributed by atoms with E-state index in [-0.39, 0.29) is 47.9 Å². The summed E-state index contributed by atoms with van der Waals surface area (Å²) in [6.45, 7) is 4.87. The number of nitrogens with zero attached hydrogens (tertiary/aromatic N) is 2. The highest BCUT2D eigenvalue weighted by atomic mass is 16.6. The first-order chi connectivity index (χ1) is 15.5. The Morgan fingerprint density at radius 2 is 1.42 bits per heavy atom. The summed E-state index contributed by atoms with van der Waals surface area (Å²) in [4.78, 5) is 53.4. The molecule has 3 rings (SSSR count). The van der Waals surface area contributed by atoms with Gasteiger partial charge in [0.05, 0.1) is 40.5 Å². The van der Waals surface area contributed by atoms with E-state index in [4.69, 9.17) is 23.7 Å². The molecule has 0 aliphatic carbocycles. The van der Waals surface area contributed by atoms with Crippen LogP contribution in [-0.4, -0.2) is 73.7 Å². The zero-order valence-corrected chi connectivity index (χ0v) is 19.8. The molecule has 1 atom stereocenters. The molecule has 1 fully saturated rings. The number of ether oxygens (including phenoxy) is 5. The van der Waals surface area contributed by atoms with Crippen molar-refractivity contribution < 1.29 is 42.9 Å². The van der Waals surface area contributed by atoms with Crippen LogP contribution in [-0.2, 0) is 20.9 Å². The highest BCUT2D eigenvalue weighted by molar-refractivity contribution is 6.14. The predicted molar refractivity (Wildman–Crippen MR) is 114 cm³/mol. The van der Waals surface area contributed by atoms with Crippen molar-refractivity contribution in [3.63, 3.8) is 0 Å². The molecule has 0 bridgehead atoms. The van der Waals surface area contributed by atoms with Gasteiger partial charge >= 0.3 is 6.09 Å². The molecule has 11 heteroatoms. The van der Waals surface area contributed by atoms with E-state index in [2.05, 4.69) is 0 Å². The second-order valence-electron chi connectivity index (χ2n) is 8.52.